The van der Waals surface area contributed by atoms with Crippen LogP contribution in [-0.4, -0.2) is 29.7 Å². The molecule has 0 saturated carbocycles. The summed E-state index contributed by atoms with van der Waals surface area (Å²) in [5, 5.41) is 12.1. The van der Waals surface area contributed by atoms with E-state index < -0.39 is 17.3 Å². The smallest absolute Gasteiger partial charge is 0.256 e. The number of carbonyl (C=O) groups is 1. The van der Waals surface area contributed by atoms with Crippen LogP contribution >= 0.6 is 0 Å². The molecule has 0 aliphatic heterocycles. The Balaban J connectivity index is 2.04. The van der Waals surface area contributed by atoms with Crippen LogP contribution in [0.25, 0.3) is 0 Å². The van der Waals surface area contributed by atoms with Crippen molar-refractivity contribution in [2.75, 3.05) is 13.7 Å². The maximum Gasteiger partial charge on any atom is 0.256 e. The number of ether oxygens (including phenoxy) is 1. The summed E-state index contributed by atoms with van der Waals surface area (Å²) in [6, 6.07) is 7.60. The van der Waals surface area contributed by atoms with Crippen LogP contribution in [-0.2, 0) is 21.6 Å². The number of nitrogens with one attached hydrogen (secondary N) is 1. The van der Waals surface area contributed by atoms with Crippen LogP contribution in [0.1, 0.15) is 18.1 Å². The number of methoxy groups -OCH3 is 1. The molecule has 0 fully saturated rings. The van der Waals surface area contributed by atoms with Gasteiger partial charge in [-0.15, -0.1) is 0 Å². The summed E-state index contributed by atoms with van der Waals surface area (Å²) in [6.45, 7) is 1.84. The number of rotatable bonds is 6. The molecule has 0 aliphatic carbocycles. The minimum atomic E-state index is -1.41. The largest absolute Gasteiger partial charge is 0.506 e. The molecule has 2 rings (SSSR count). The summed E-state index contributed by atoms with van der Waals surface area (Å²) in [5.41, 5.74) is -0.447. The molecular weight excluding hydrogens is 299 g/mol. The second kappa shape index (κ2) is 7.19. The summed E-state index contributed by atoms with van der Waals surface area (Å²) < 4.78 is 19.3. The number of hydrogen-bond donors (Lipinski definition) is 2. The first-order valence-electron chi connectivity index (χ1n) is 7.18. The molecule has 23 heavy (non-hydrogen) atoms. The Kier molecular flexibility index (Phi) is 5.28. The SMILES string of the molecule is COC(C)(C(=O)NCCc1cncc(O)c1)c1ccccc1F. The molecule has 0 aliphatic rings. The Morgan fingerprint density at radius 2 is 2.13 bits per heavy atom. The molecule has 0 bridgehead atoms. The fourth-order valence-corrected chi connectivity index (χ4v) is 2.27. The van der Waals surface area contributed by atoms with Gasteiger partial charge in [-0.05, 0) is 31.0 Å². The lowest BCUT2D eigenvalue weighted by Crippen LogP contribution is -2.44. The van der Waals surface area contributed by atoms with E-state index in [0.717, 1.165) is 5.56 Å². The molecule has 1 atom stereocenters. The van der Waals surface area contributed by atoms with Crippen LogP contribution in [0.4, 0.5) is 4.39 Å². The summed E-state index contributed by atoms with van der Waals surface area (Å²) in [5.74, 6) is -0.857. The van der Waals surface area contributed by atoms with E-state index in [4.69, 9.17) is 4.74 Å². The van der Waals surface area contributed by atoms with Crippen LogP contribution < -0.4 is 5.32 Å². The van der Waals surface area contributed by atoms with Crippen LogP contribution in [0, 0.1) is 5.82 Å². The Morgan fingerprint density at radius 1 is 1.39 bits per heavy atom. The van der Waals surface area contributed by atoms with Crippen molar-refractivity contribution in [1.29, 1.82) is 0 Å². The minimum Gasteiger partial charge on any atom is -0.506 e. The van der Waals surface area contributed by atoms with Crippen LogP contribution in [0.5, 0.6) is 5.75 Å². The third kappa shape index (κ3) is 3.84. The quantitative estimate of drug-likeness (QED) is 0.856. The fraction of sp³-hybridized carbons (Fsp3) is 0.294. The van der Waals surface area contributed by atoms with Gasteiger partial charge >= 0.3 is 0 Å². The summed E-state index contributed by atoms with van der Waals surface area (Å²) >= 11 is 0. The molecule has 0 spiro atoms. The first kappa shape index (κ1) is 16.9. The molecule has 2 N–H and O–H groups in total. The monoisotopic (exact) mass is 318 g/mol. The van der Waals surface area contributed by atoms with E-state index >= 15 is 0 Å². The maximum atomic E-state index is 14.0. The molecule has 0 radical (unpaired) electrons. The highest BCUT2D eigenvalue weighted by molar-refractivity contribution is 5.86. The third-order valence-electron chi connectivity index (χ3n) is 3.71. The predicted octanol–water partition coefficient (Wildman–Crippen LogP) is 2.15. The second-order valence-corrected chi connectivity index (χ2v) is 5.27. The molecule has 2 aromatic rings. The minimum absolute atomic E-state index is 0.0712. The molecule has 0 saturated heterocycles. The van der Waals surface area contributed by atoms with E-state index in [0.29, 0.717) is 13.0 Å². The van der Waals surface area contributed by atoms with Gasteiger partial charge in [0.1, 0.15) is 11.6 Å². The van der Waals surface area contributed by atoms with Crippen LogP contribution in [0.2, 0.25) is 0 Å². The van der Waals surface area contributed by atoms with E-state index in [1.807, 2.05) is 0 Å². The predicted molar refractivity (Wildman–Crippen MR) is 83.4 cm³/mol. The molecular formula is C17H19FN2O3. The number of aromatic hydroxyl groups is 1. The molecule has 6 heteroatoms. The Bertz CT molecular complexity index is 693. The average molecular weight is 318 g/mol. The van der Waals surface area contributed by atoms with E-state index in [-0.39, 0.29) is 11.3 Å². The molecule has 1 unspecified atom stereocenters. The standard InChI is InChI=1S/C17H19FN2O3/c1-17(23-2,14-5-3-4-6-15(14)18)16(22)20-8-7-12-9-13(21)11-19-10-12/h3-6,9-11,21H,7-8H2,1-2H3,(H,20,22). The number of aromatic nitrogens is 1. The number of carbonyl (C=O) groups excluding carboxylic acids is 1. The van der Waals surface area contributed by atoms with E-state index in [1.54, 1.807) is 24.4 Å². The summed E-state index contributed by atoms with van der Waals surface area (Å²) in [4.78, 5) is 16.3. The normalized spacial score (nSPS) is 13.3. The van der Waals surface area contributed by atoms with Gasteiger partial charge in [0.25, 0.3) is 5.91 Å². The number of pyridine rings is 1. The lowest BCUT2D eigenvalue weighted by molar-refractivity contribution is -0.142. The molecule has 122 valence electrons. The number of amides is 1. The van der Waals surface area contributed by atoms with Crippen molar-refractivity contribution in [3.8, 4) is 5.75 Å². The van der Waals surface area contributed by atoms with Crippen molar-refractivity contribution in [3.05, 3.63) is 59.7 Å². The zero-order valence-electron chi connectivity index (χ0n) is 13.0. The van der Waals surface area contributed by atoms with Crippen LogP contribution in [0.15, 0.2) is 42.7 Å². The number of nitrogens with zero attached hydrogens (tertiary/aromatic N) is 1. The second-order valence-electron chi connectivity index (χ2n) is 5.27. The van der Waals surface area contributed by atoms with Gasteiger partial charge in [-0.25, -0.2) is 4.39 Å². The highest BCUT2D eigenvalue weighted by atomic mass is 19.1. The average Bonchev–Trinajstić information content (AvgIpc) is 2.54. The van der Waals surface area contributed by atoms with Gasteiger partial charge in [0.15, 0.2) is 5.60 Å². The lowest BCUT2D eigenvalue weighted by Gasteiger charge is -2.27. The van der Waals surface area contributed by atoms with Crippen LogP contribution in [0.3, 0.4) is 0 Å². The van der Waals surface area contributed by atoms with Gasteiger partial charge in [0.2, 0.25) is 0 Å². The molecule has 1 heterocycles. The van der Waals surface area contributed by atoms with E-state index in [2.05, 4.69) is 10.3 Å². The van der Waals surface area contributed by atoms with Crippen molar-refractivity contribution >= 4 is 5.91 Å². The van der Waals surface area contributed by atoms with Gasteiger partial charge in [-0.3, -0.25) is 9.78 Å². The van der Waals surface area contributed by atoms with Gasteiger partial charge in [-0.1, -0.05) is 18.2 Å². The highest BCUT2D eigenvalue weighted by Gasteiger charge is 2.37. The Morgan fingerprint density at radius 3 is 2.78 bits per heavy atom. The van der Waals surface area contributed by atoms with Gasteiger partial charge in [0.05, 0.1) is 6.20 Å². The first-order valence-corrected chi connectivity index (χ1v) is 7.18. The first-order chi connectivity index (χ1) is 11.0. The van der Waals surface area contributed by atoms with Crippen molar-refractivity contribution in [2.45, 2.75) is 18.9 Å². The maximum absolute atomic E-state index is 14.0. The molecule has 1 aromatic heterocycles. The molecule has 1 amide bonds. The van der Waals surface area contributed by atoms with Gasteiger partial charge < -0.3 is 15.2 Å². The highest BCUT2D eigenvalue weighted by Crippen LogP contribution is 2.27. The molecule has 5 nitrogen and oxygen atoms in total. The number of benzene rings is 1. The lowest BCUT2D eigenvalue weighted by atomic mass is 9.94. The van der Waals surface area contributed by atoms with Crippen molar-refractivity contribution in [1.82, 2.24) is 10.3 Å². The topological polar surface area (TPSA) is 71.5 Å². The number of hydrogen-bond acceptors (Lipinski definition) is 4. The van der Waals surface area contributed by atoms with Gasteiger partial charge in [0, 0.05) is 25.4 Å². The summed E-state index contributed by atoms with van der Waals surface area (Å²) in [6.07, 6.45) is 3.44. The van der Waals surface area contributed by atoms with E-state index in [1.165, 1.54) is 32.4 Å². The zero-order chi connectivity index (χ0) is 16.9. The third-order valence-corrected chi connectivity index (χ3v) is 3.71. The Labute approximate surface area is 134 Å². The zero-order valence-corrected chi connectivity index (χ0v) is 13.0. The Hall–Kier alpha value is -2.47. The van der Waals surface area contributed by atoms with Crippen molar-refractivity contribution < 1.29 is 19.0 Å². The number of halogens is 1. The molecule has 1 aromatic carbocycles. The van der Waals surface area contributed by atoms with Crippen molar-refractivity contribution in [3.63, 3.8) is 0 Å². The van der Waals surface area contributed by atoms with Crippen molar-refractivity contribution in [2.24, 2.45) is 0 Å². The fourth-order valence-electron chi connectivity index (χ4n) is 2.27. The summed E-state index contributed by atoms with van der Waals surface area (Å²) in [7, 11) is 1.37. The van der Waals surface area contributed by atoms with E-state index in [9.17, 15) is 14.3 Å². The van der Waals surface area contributed by atoms with Gasteiger partial charge in [-0.2, -0.15) is 0 Å².